The summed E-state index contributed by atoms with van der Waals surface area (Å²) in [5.41, 5.74) is 0.816. The van der Waals surface area contributed by atoms with Gasteiger partial charge in [0.1, 0.15) is 5.82 Å². The molecule has 0 radical (unpaired) electrons. The monoisotopic (exact) mass is 541 g/mol. The fourth-order valence-corrected chi connectivity index (χ4v) is 7.06. The third-order valence-corrected chi connectivity index (χ3v) is 9.17. The lowest BCUT2D eigenvalue weighted by Crippen LogP contribution is -2.39. The number of imidazole rings is 1. The first-order valence-corrected chi connectivity index (χ1v) is 14.5. The number of rotatable bonds is 10. The van der Waals surface area contributed by atoms with E-state index in [1.165, 1.54) is 4.31 Å². The van der Waals surface area contributed by atoms with Gasteiger partial charge in [0.15, 0.2) is 16.8 Å². The molecule has 196 valence electrons. The zero-order chi connectivity index (χ0) is 25.9. The van der Waals surface area contributed by atoms with E-state index in [9.17, 15) is 21.6 Å². The first kappa shape index (κ1) is 27.0. The van der Waals surface area contributed by atoms with Gasteiger partial charge in [0.2, 0.25) is 10.0 Å². The van der Waals surface area contributed by atoms with Gasteiger partial charge in [-0.3, -0.25) is 0 Å². The number of ether oxygens (including phenoxy) is 1. The molecular weight excluding hydrogens is 511 g/mol. The van der Waals surface area contributed by atoms with Crippen LogP contribution in [0.5, 0.6) is 0 Å². The molecule has 0 N–H and O–H groups in total. The number of halogens is 3. The summed E-state index contributed by atoms with van der Waals surface area (Å²) >= 11 is 1.07. The lowest BCUT2D eigenvalue weighted by molar-refractivity contribution is 0.141. The van der Waals surface area contributed by atoms with Crippen LogP contribution in [0.2, 0.25) is 0 Å². The molecule has 6 nitrogen and oxygen atoms in total. The maximum Gasteiger partial charge on any atom is 0.243 e. The van der Waals surface area contributed by atoms with Crippen LogP contribution in [0, 0.1) is 23.4 Å². The van der Waals surface area contributed by atoms with E-state index in [1.807, 2.05) is 18.4 Å². The molecule has 1 aromatic heterocycles. The van der Waals surface area contributed by atoms with E-state index < -0.39 is 27.5 Å². The smallest absolute Gasteiger partial charge is 0.243 e. The number of thioether (sulfide) groups is 1. The predicted octanol–water partition coefficient (Wildman–Crippen LogP) is 5.59. The van der Waals surface area contributed by atoms with E-state index in [4.69, 9.17) is 4.74 Å². The number of hydrogen-bond acceptors (Lipinski definition) is 5. The molecule has 1 fully saturated rings. The van der Waals surface area contributed by atoms with Crippen LogP contribution >= 0.6 is 11.8 Å². The van der Waals surface area contributed by atoms with Crippen LogP contribution in [0.4, 0.5) is 13.2 Å². The lowest BCUT2D eigenvalue weighted by Gasteiger charge is -2.30. The molecule has 0 bridgehead atoms. The standard InChI is InChI=1S/C25H30F3N3O3S2/c1-3-34-13-5-12-31-23-10-7-18(36(32,33)30-11-4-6-17(2)15-30)14-22(23)29-25(31)35-16-19-20(26)8-9-21(27)24(19)28/h7-10,14,17H,3-6,11-13,15-16H2,1-2H3. The summed E-state index contributed by atoms with van der Waals surface area (Å²) in [6.45, 7) is 6.54. The molecule has 1 aliphatic heterocycles. The largest absolute Gasteiger partial charge is 0.382 e. The lowest BCUT2D eigenvalue weighted by atomic mass is 10.0. The zero-order valence-electron chi connectivity index (χ0n) is 20.3. The van der Waals surface area contributed by atoms with Crippen LogP contribution in [0.3, 0.4) is 0 Å². The molecule has 1 atom stereocenters. The summed E-state index contributed by atoms with van der Waals surface area (Å²) in [6.07, 6.45) is 2.50. The van der Waals surface area contributed by atoms with E-state index in [0.717, 1.165) is 36.7 Å². The molecule has 36 heavy (non-hydrogen) atoms. The van der Waals surface area contributed by atoms with Crippen LogP contribution in [0.25, 0.3) is 11.0 Å². The average Bonchev–Trinajstić information content (AvgIpc) is 3.21. The predicted molar refractivity (Wildman–Crippen MR) is 134 cm³/mol. The summed E-state index contributed by atoms with van der Waals surface area (Å²) < 4.78 is 77.4. The van der Waals surface area contributed by atoms with Crippen LogP contribution in [-0.2, 0) is 27.1 Å². The number of sulfonamides is 1. The molecule has 1 unspecified atom stereocenters. The highest BCUT2D eigenvalue weighted by Gasteiger charge is 2.29. The first-order chi connectivity index (χ1) is 17.2. The Balaban J connectivity index is 1.66. The average molecular weight is 542 g/mol. The fraction of sp³-hybridized carbons (Fsp3) is 0.480. The molecule has 0 amide bonds. The van der Waals surface area contributed by atoms with Gasteiger partial charge in [0.05, 0.1) is 15.9 Å². The van der Waals surface area contributed by atoms with Gasteiger partial charge in [0, 0.05) is 44.2 Å². The van der Waals surface area contributed by atoms with Gasteiger partial charge >= 0.3 is 0 Å². The SMILES string of the molecule is CCOCCCn1c(SCc2c(F)ccc(F)c2F)nc2cc(S(=O)(=O)N3CCCC(C)C3)ccc21. The van der Waals surface area contributed by atoms with Crippen molar-refractivity contribution >= 4 is 32.8 Å². The number of fused-ring (bicyclic) bond motifs is 1. The number of piperidine rings is 1. The summed E-state index contributed by atoms with van der Waals surface area (Å²) in [5, 5.41) is 0.464. The summed E-state index contributed by atoms with van der Waals surface area (Å²) in [5.74, 6) is -3.02. The van der Waals surface area contributed by atoms with Gasteiger partial charge in [-0.2, -0.15) is 4.31 Å². The van der Waals surface area contributed by atoms with E-state index in [2.05, 4.69) is 4.98 Å². The molecule has 4 rings (SSSR count). The Hall–Kier alpha value is -2.08. The van der Waals surface area contributed by atoms with Crippen molar-refractivity contribution in [3.8, 4) is 0 Å². The van der Waals surface area contributed by atoms with Crippen molar-refractivity contribution in [1.29, 1.82) is 0 Å². The second-order valence-corrected chi connectivity index (χ2v) is 11.8. The van der Waals surface area contributed by atoms with Crippen LogP contribution in [0.15, 0.2) is 40.4 Å². The van der Waals surface area contributed by atoms with Crippen molar-refractivity contribution in [3.05, 3.63) is 53.3 Å². The van der Waals surface area contributed by atoms with E-state index in [-0.39, 0.29) is 16.2 Å². The minimum atomic E-state index is -3.67. The van der Waals surface area contributed by atoms with Gasteiger partial charge in [-0.1, -0.05) is 18.7 Å². The fourth-order valence-electron chi connectivity index (χ4n) is 4.40. The quantitative estimate of drug-likeness (QED) is 0.190. The van der Waals surface area contributed by atoms with Crippen LogP contribution < -0.4 is 0 Å². The topological polar surface area (TPSA) is 64.4 Å². The second-order valence-electron chi connectivity index (χ2n) is 8.97. The molecule has 0 aliphatic carbocycles. The normalized spacial score (nSPS) is 17.2. The van der Waals surface area contributed by atoms with Crippen molar-refractivity contribution in [2.24, 2.45) is 5.92 Å². The van der Waals surface area contributed by atoms with Gasteiger partial charge in [-0.25, -0.2) is 26.6 Å². The molecule has 0 saturated carbocycles. The second kappa shape index (κ2) is 11.5. The Morgan fingerprint density at radius 2 is 1.94 bits per heavy atom. The van der Waals surface area contributed by atoms with Crippen molar-refractivity contribution < 1.29 is 26.3 Å². The third kappa shape index (κ3) is 5.74. The summed E-state index contributed by atoms with van der Waals surface area (Å²) in [6, 6.07) is 6.51. The first-order valence-electron chi connectivity index (χ1n) is 12.1. The molecule has 11 heteroatoms. The molecule has 3 aromatic rings. The van der Waals surface area contributed by atoms with Gasteiger partial charge in [0.25, 0.3) is 0 Å². The highest BCUT2D eigenvalue weighted by Crippen LogP contribution is 2.32. The van der Waals surface area contributed by atoms with Crippen LogP contribution in [0.1, 0.15) is 38.7 Å². The maximum atomic E-state index is 14.2. The number of benzene rings is 2. The summed E-state index contributed by atoms with van der Waals surface area (Å²) in [4.78, 5) is 4.77. The van der Waals surface area contributed by atoms with Gasteiger partial charge in [-0.05, 0) is 62.4 Å². The minimum absolute atomic E-state index is 0.166. The highest BCUT2D eigenvalue weighted by molar-refractivity contribution is 7.98. The van der Waals surface area contributed by atoms with Crippen LogP contribution in [-0.4, -0.2) is 48.6 Å². The maximum absolute atomic E-state index is 14.2. The van der Waals surface area contributed by atoms with Crippen molar-refractivity contribution in [1.82, 2.24) is 13.9 Å². The Morgan fingerprint density at radius 1 is 1.17 bits per heavy atom. The number of nitrogens with zero attached hydrogens (tertiary/aromatic N) is 3. The molecule has 1 aliphatic rings. The Bertz CT molecular complexity index is 1330. The molecular formula is C25H30F3N3O3S2. The summed E-state index contributed by atoms with van der Waals surface area (Å²) in [7, 11) is -3.67. The third-order valence-electron chi connectivity index (χ3n) is 6.30. The molecule has 2 heterocycles. The van der Waals surface area contributed by atoms with E-state index in [1.54, 1.807) is 18.2 Å². The highest BCUT2D eigenvalue weighted by atomic mass is 32.2. The number of hydrogen-bond donors (Lipinski definition) is 0. The molecule has 1 saturated heterocycles. The van der Waals surface area contributed by atoms with E-state index in [0.29, 0.717) is 61.4 Å². The van der Waals surface area contributed by atoms with Gasteiger partial charge in [-0.15, -0.1) is 0 Å². The van der Waals surface area contributed by atoms with E-state index >= 15 is 0 Å². The van der Waals surface area contributed by atoms with Crippen molar-refractivity contribution in [3.63, 3.8) is 0 Å². The van der Waals surface area contributed by atoms with Gasteiger partial charge < -0.3 is 9.30 Å². The Kier molecular flexibility index (Phi) is 8.64. The minimum Gasteiger partial charge on any atom is -0.382 e. The Morgan fingerprint density at radius 3 is 2.69 bits per heavy atom. The van der Waals surface area contributed by atoms with Crippen molar-refractivity contribution in [2.75, 3.05) is 26.3 Å². The number of aromatic nitrogens is 2. The zero-order valence-corrected chi connectivity index (χ0v) is 22.0. The Labute approximate surface area is 213 Å². The van der Waals surface area contributed by atoms with Crippen molar-refractivity contribution in [2.45, 2.75) is 55.5 Å². The molecule has 2 aromatic carbocycles. The number of aryl methyl sites for hydroxylation is 1. The molecule has 0 spiro atoms.